The molecule has 1 aliphatic carbocycles. The molecule has 0 unspecified atom stereocenters. The van der Waals surface area contributed by atoms with Gasteiger partial charge in [0, 0.05) is 28.9 Å². The quantitative estimate of drug-likeness (QED) is 0.899. The average molecular weight is 366 g/mol. The zero-order valence-electron chi connectivity index (χ0n) is 16.4. The van der Waals surface area contributed by atoms with E-state index in [0.717, 1.165) is 12.0 Å². The summed E-state index contributed by atoms with van der Waals surface area (Å²) in [7, 11) is 0. The van der Waals surface area contributed by atoms with Crippen LogP contribution in [0.25, 0.3) is 5.69 Å². The molecule has 0 aliphatic heterocycles. The van der Waals surface area contributed by atoms with Gasteiger partial charge in [0.25, 0.3) is 11.5 Å². The van der Waals surface area contributed by atoms with E-state index in [1.807, 2.05) is 52.0 Å². The summed E-state index contributed by atoms with van der Waals surface area (Å²) in [4.78, 5) is 38.6. The minimum Gasteiger partial charge on any atom is -0.347 e. The third kappa shape index (κ3) is 3.72. The summed E-state index contributed by atoms with van der Waals surface area (Å²) in [5, 5.41) is 2.91. The first kappa shape index (κ1) is 19.1. The van der Waals surface area contributed by atoms with E-state index in [1.165, 1.54) is 6.07 Å². The Morgan fingerprint density at radius 1 is 1.15 bits per heavy atom. The van der Waals surface area contributed by atoms with Crippen LogP contribution < -0.4 is 10.9 Å². The van der Waals surface area contributed by atoms with E-state index in [4.69, 9.17) is 0 Å². The molecule has 1 heterocycles. The van der Waals surface area contributed by atoms with Crippen LogP contribution in [0, 0.1) is 6.92 Å². The molecule has 1 aromatic heterocycles. The van der Waals surface area contributed by atoms with Crippen molar-refractivity contribution in [3.8, 4) is 5.69 Å². The Kier molecular flexibility index (Phi) is 5.05. The monoisotopic (exact) mass is 366 g/mol. The third-order valence-electron chi connectivity index (χ3n) is 5.29. The molecule has 3 rings (SSSR count). The van der Waals surface area contributed by atoms with Crippen LogP contribution in [0.4, 0.5) is 0 Å². The van der Waals surface area contributed by atoms with Crippen LogP contribution in [0.1, 0.15) is 72.0 Å². The second kappa shape index (κ2) is 7.14. The first-order valence-electron chi connectivity index (χ1n) is 9.45. The molecule has 142 valence electrons. The summed E-state index contributed by atoms with van der Waals surface area (Å²) in [6.45, 7) is 7.77. The Bertz CT molecular complexity index is 953. The lowest BCUT2D eigenvalue weighted by Gasteiger charge is -2.26. The minimum atomic E-state index is -0.436. The molecule has 1 aromatic carbocycles. The van der Waals surface area contributed by atoms with Crippen molar-refractivity contribution in [2.24, 2.45) is 0 Å². The highest BCUT2D eigenvalue weighted by atomic mass is 16.2. The highest BCUT2D eigenvalue weighted by molar-refractivity contribution is 6.02. The lowest BCUT2D eigenvalue weighted by atomic mass is 9.92. The molecule has 27 heavy (non-hydrogen) atoms. The van der Waals surface area contributed by atoms with Gasteiger partial charge >= 0.3 is 0 Å². The maximum absolute atomic E-state index is 13.2. The summed E-state index contributed by atoms with van der Waals surface area (Å²) in [6, 6.07) is 9.05. The predicted molar refractivity (Wildman–Crippen MR) is 106 cm³/mol. The number of Topliss-reactive ketones (excluding diaryl/α,β-unsaturated/α-hetero) is 1. The number of hydrogen-bond donors (Lipinski definition) is 1. The summed E-state index contributed by atoms with van der Waals surface area (Å²) >= 11 is 0. The first-order chi connectivity index (χ1) is 12.7. The summed E-state index contributed by atoms with van der Waals surface area (Å²) in [6.07, 6.45) is 2.54. The van der Waals surface area contributed by atoms with E-state index >= 15 is 0 Å². The van der Waals surface area contributed by atoms with Gasteiger partial charge < -0.3 is 5.32 Å². The minimum absolute atomic E-state index is 0.0130. The number of pyridine rings is 1. The lowest BCUT2D eigenvalue weighted by Crippen LogP contribution is -2.45. The SMILES string of the molecule is CCC(C)(C)NC(=O)c1cc2c(n(-c3ccc(C)cc3)c1=O)CCCC2=O. The molecule has 0 spiro atoms. The van der Waals surface area contributed by atoms with E-state index in [1.54, 1.807) is 4.57 Å². The molecular weight excluding hydrogens is 340 g/mol. The molecule has 1 amide bonds. The van der Waals surface area contributed by atoms with E-state index in [-0.39, 0.29) is 16.9 Å². The van der Waals surface area contributed by atoms with Crippen LogP contribution >= 0.6 is 0 Å². The number of nitrogens with zero attached hydrogens (tertiary/aromatic N) is 1. The molecule has 0 atom stereocenters. The molecule has 0 saturated carbocycles. The molecule has 1 aliphatic rings. The van der Waals surface area contributed by atoms with Crippen molar-refractivity contribution in [1.82, 2.24) is 9.88 Å². The van der Waals surface area contributed by atoms with Crippen LogP contribution in [0.5, 0.6) is 0 Å². The van der Waals surface area contributed by atoms with E-state index in [2.05, 4.69) is 5.32 Å². The molecule has 5 nitrogen and oxygen atoms in total. The topological polar surface area (TPSA) is 68.2 Å². The predicted octanol–water partition coefficient (Wildman–Crippen LogP) is 3.58. The Labute approximate surface area is 159 Å². The summed E-state index contributed by atoms with van der Waals surface area (Å²) < 4.78 is 1.54. The molecule has 0 radical (unpaired) electrons. The van der Waals surface area contributed by atoms with Crippen LogP contribution in [-0.2, 0) is 6.42 Å². The van der Waals surface area contributed by atoms with Crippen molar-refractivity contribution in [3.63, 3.8) is 0 Å². The van der Waals surface area contributed by atoms with Crippen molar-refractivity contribution in [2.75, 3.05) is 0 Å². The molecule has 1 N–H and O–H groups in total. The van der Waals surface area contributed by atoms with Gasteiger partial charge in [-0.15, -0.1) is 0 Å². The standard InChI is InChI=1S/C22H26N2O3/c1-5-22(3,4)23-20(26)17-13-16-18(7-6-8-19(16)25)24(21(17)27)15-11-9-14(2)10-12-15/h9-13H,5-8H2,1-4H3,(H,23,26). The maximum atomic E-state index is 13.2. The first-order valence-corrected chi connectivity index (χ1v) is 9.45. The third-order valence-corrected chi connectivity index (χ3v) is 5.29. The number of aryl methyl sites for hydroxylation is 1. The number of carbonyl (C=O) groups is 2. The van der Waals surface area contributed by atoms with Crippen LogP contribution in [0.3, 0.4) is 0 Å². The van der Waals surface area contributed by atoms with Gasteiger partial charge in [0.15, 0.2) is 5.78 Å². The van der Waals surface area contributed by atoms with Crippen molar-refractivity contribution in [2.45, 2.75) is 58.9 Å². The molecular formula is C22H26N2O3. The van der Waals surface area contributed by atoms with E-state index in [0.29, 0.717) is 36.2 Å². The maximum Gasteiger partial charge on any atom is 0.268 e. The fraction of sp³-hybridized carbons (Fsp3) is 0.409. The Balaban J connectivity index is 2.21. The summed E-state index contributed by atoms with van der Waals surface area (Å²) in [5.74, 6) is -0.449. The highest BCUT2D eigenvalue weighted by Gasteiger charge is 2.28. The van der Waals surface area contributed by atoms with E-state index < -0.39 is 11.4 Å². The van der Waals surface area contributed by atoms with Gasteiger partial charge in [0.05, 0.1) is 0 Å². The molecule has 5 heteroatoms. The number of nitrogens with one attached hydrogen (secondary N) is 1. The van der Waals surface area contributed by atoms with Gasteiger partial charge in [-0.1, -0.05) is 24.6 Å². The number of ketones is 1. The second-order valence-corrected chi connectivity index (χ2v) is 7.86. The number of carbonyl (C=O) groups excluding carboxylic acids is 2. The largest absolute Gasteiger partial charge is 0.347 e. The lowest BCUT2D eigenvalue weighted by molar-refractivity contribution is 0.0909. The second-order valence-electron chi connectivity index (χ2n) is 7.86. The van der Waals surface area contributed by atoms with Crippen molar-refractivity contribution in [3.05, 3.63) is 63.1 Å². The van der Waals surface area contributed by atoms with Gasteiger partial charge in [-0.2, -0.15) is 0 Å². The van der Waals surface area contributed by atoms with Crippen molar-refractivity contribution >= 4 is 11.7 Å². The zero-order valence-corrected chi connectivity index (χ0v) is 16.4. The van der Waals surface area contributed by atoms with Crippen molar-refractivity contribution in [1.29, 1.82) is 0 Å². The van der Waals surface area contributed by atoms with Crippen LogP contribution in [0.15, 0.2) is 35.1 Å². The number of rotatable bonds is 4. The smallest absolute Gasteiger partial charge is 0.268 e. The zero-order chi connectivity index (χ0) is 19.8. The number of aromatic nitrogens is 1. The molecule has 0 bridgehead atoms. The normalized spacial score (nSPS) is 14.0. The molecule has 2 aromatic rings. The molecule has 0 fully saturated rings. The fourth-order valence-electron chi connectivity index (χ4n) is 3.28. The molecule has 0 saturated heterocycles. The van der Waals surface area contributed by atoms with Crippen molar-refractivity contribution < 1.29 is 9.59 Å². The van der Waals surface area contributed by atoms with Crippen LogP contribution in [-0.4, -0.2) is 21.8 Å². The fourth-order valence-corrected chi connectivity index (χ4v) is 3.28. The van der Waals surface area contributed by atoms with Gasteiger partial charge in [-0.05, 0) is 58.2 Å². The average Bonchev–Trinajstić information content (AvgIpc) is 2.62. The van der Waals surface area contributed by atoms with Gasteiger partial charge in [0.1, 0.15) is 5.56 Å². The Morgan fingerprint density at radius 3 is 2.44 bits per heavy atom. The number of amides is 1. The summed E-state index contributed by atoms with van der Waals surface area (Å²) in [5.41, 5.74) is 2.16. The number of benzene rings is 1. The van der Waals surface area contributed by atoms with Crippen LogP contribution in [0.2, 0.25) is 0 Å². The van der Waals surface area contributed by atoms with Gasteiger partial charge in [-0.3, -0.25) is 19.0 Å². The van der Waals surface area contributed by atoms with Gasteiger partial charge in [-0.25, -0.2) is 0 Å². The number of hydrogen-bond acceptors (Lipinski definition) is 3. The van der Waals surface area contributed by atoms with E-state index in [9.17, 15) is 14.4 Å². The highest BCUT2D eigenvalue weighted by Crippen LogP contribution is 2.24. The Morgan fingerprint density at radius 2 is 1.81 bits per heavy atom. The number of fused-ring (bicyclic) bond motifs is 1. The Hall–Kier alpha value is -2.69. The van der Waals surface area contributed by atoms with Gasteiger partial charge in [0.2, 0.25) is 0 Å².